The maximum atomic E-state index is 12.8. The largest absolute Gasteiger partial charge is 0.435 e. The molecule has 0 saturated heterocycles. The molecule has 0 radical (unpaired) electrons. The number of hydrogen-bond donors (Lipinski definition) is 2. The maximum Gasteiger partial charge on any atom is 0.435 e. The minimum Gasteiger partial charge on any atom is -0.355 e. The van der Waals surface area contributed by atoms with Gasteiger partial charge >= 0.3 is 6.18 Å². The zero-order valence-electron chi connectivity index (χ0n) is 14.6. The third kappa shape index (κ3) is 4.28. The molecule has 0 saturated carbocycles. The van der Waals surface area contributed by atoms with Crippen LogP contribution < -0.4 is 10.6 Å². The average molecular weight is 374 g/mol. The van der Waals surface area contributed by atoms with E-state index < -0.39 is 17.8 Å². The number of rotatable bonds is 4. The highest BCUT2D eigenvalue weighted by atomic mass is 19.4. The fourth-order valence-corrected chi connectivity index (χ4v) is 2.57. The molecule has 140 valence electrons. The van der Waals surface area contributed by atoms with Crippen molar-refractivity contribution in [2.75, 3.05) is 10.6 Å². The second-order valence-corrected chi connectivity index (χ2v) is 6.03. The molecule has 0 atom stereocenters. The van der Waals surface area contributed by atoms with Gasteiger partial charge in [0.15, 0.2) is 5.69 Å². The Kier molecular flexibility index (Phi) is 4.89. The summed E-state index contributed by atoms with van der Waals surface area (Å²) in [5, 5.41) is 9.03. The Morgan fingerprint density at radius 3 is 2.48 bits per heavy atom. The lowest BCUT2D eigenvalue weighted by Crippen LogP contribution is -2.16. The van der Waals surface area contributed by atoms with Crippen LogP contribution in [-0.2, 0) is 13.2 Å². The van der Waals surface area contributed by atoms with Crippen molar-refractivity contribution in [3.05, 3.63) is 71.4 Å². The smallest absolute Gasteiger partial charge is 0.355 e. The third-order valence-electron chi connectivity index (χ3n) is 3.88. The molecule has 2 N–H and O–H groups in total. The van der Waals surface area contributed by atoms with Crippen molar-refractivity contribution in [2.45, 2.75) is 13.1 Å². The van der Waals surface area contributed by atoms with E-state index in [1.807, 2.05) is 31.2 Å². The zero-order chi connectivity index (χ0) is 19.6. The predicted octanol–water partition coefficient (Wildman–Crippen LogP) is 4.74. The number of aryl methyl sites for hydroxylation is 2. The zero-order valence-corrected chi connectivity index (χ0v) is 14.6. The van der Waals surface area contributed by atoms with Gasteiger partial charge in [-0.1, -0.05) is 24.3 Å². The first-order valence-corrected chi connectivity index (χ1v) is 8.09. The molecule has 0 unspecified atom stereocenters. The van der Waals surface area contributed by atoms with Gasteiger partial charge in [-0.3, -0.25) is 9.48 Å². The van der Waals surface area contributed by atoms with Crippen LogP contribution in [0.2, 0.25) is 0 Å². The number of nitrogens with one attached hydrogen (secondary N) is 2. The van der Waals surface area contributed by atoms with Gasteiger partial charge < -0.3 is 10.6 Å². The SMILES string of the molecule is Cc1cccc(Nc2ccccc2C(=O)Nc2cc(C(F)(F)F)nn2C)c1. The fourth-order valence-electron chi connectivity index (χ4n) is 2.57. The van der Waals surface area contributed by atoms with E-state index in [0.29, 0.717) is 11.3 Å². The van der Waals surface area contributed by atoms with E-state index in [0.717, 1.165) is 22.0 Å². The van der Waals surface area contributed by atoms with Crippen LogP contribution in [0.25, 0.3) is 0 Å². The number of carbonyl (C=O) groups is 1. The number of benzene rings is 2. The molecule has 1 amide bonds. The van der Waals surface area contributed by atoms with E-state index in [2.05, 4.69) is 15.7 Å². The number of para-hydroxylation sites is 1. The first-order chi connectivity index (χ1) is 12.7. The van der Waals surface area contributed by atoms with Gasteiger partial charge in [0.1, 0.15) is 5.82 Å². The molecule has 2 aromatic carbocycles. The lowest BCUT2D eigenvalue weighted by atomic mass is 10.1. The summed E-state index contributed by atoms with van der Waals surface area (Å²) in [5.74, 6) is -0.583. The molecular weight excluding hydrogens is 357 g/mol. The molecule has 1 heterocycles. The van der Waals surface area contributed by atoms with Crippen molar-refractivity contribution in [2.24, 2.45) is 7.05 Å². The number of aromatic nitrogens is 2. The second-order valence-electron chi connectivity index (χ2n) is 6.03. The van der Waals surface area contributed by atoms with E-state index in [1.165, 1.54) is 7.05 Å². The molecule has 0 spiro atoms. The van der Waals surface area contributed by atoms with Crippen molar-refractivity contribution in [1.29, 1.82) is 0 Å². The fraction of sp³-hybridized carbons (Fsp3) is 0.158. The first kappa shape index (κ1) is 18.5. The van der Waals surface area contributed by atoms with Gasteiger partial charge in [0.25, 0.3) is 5.91 Å². The summed E-state index contributed by atoms with van der Waals surface area (Å²) in [4.78, 5) is 12.6. The van der Waals surface area contributed by atoms with Gasteiger partial charge in [-0.2, -0.15) is 18.3 Å². The molecule has 3 rings (SSSR count). The summed E-state index contributed by atoms with van der Waals surface area (Å²) in [5.41, 5.74) is 1.63. The van der Waals surface area contributed by atoms with Crippen molar-refractivity contribution >= 4 is 23.1 Å². The van der Waals surface area contributed by atoms with Crippen LogP contribution in [0.1, 0.15) is 21.6 Å². The first-order valence-electron chi connectivity index (χ1n) is 8.09. The highest BCUT2D eigenvalue weighted by molar-refractivity contribution is 6.08. The summed E-state index contributed by atoms with van der Waals surface area (Å²) in [6, 6.07) is 15.2. The van der Waals surface area contributed by atoms with Crippen molar-refractivity contribution in [1.82, 2.24) is 9.78 Å². The molecule has 3 aromatic rings. The van der Waals surface area contributed by atoms with Crippen LogP contribution in [-0.4, -0.2) is 15.7 Å². The van der Waals surface area contributed by atoms with Gasteiger partial charge in [0.05, 0.1) is 11.3 Å². The van der Waals surface area contributed by atoms with Gasteiger partial charge in [-0.25, -0.2) is 0 Å². The Balaban J connectivity index is 1.85. The summed E-state index contributed by atoms with van der Waals surface area (Å²) < 4.78 is 39.3. The predicted molar refractivity (Wildman–Crippen MR) is 97.1 cm³/mol. The van der Waals surface area contributed by atoms with Crippen LogP contribution in [0.3, 0.4) is 0 Å². The van der Waals surface area contributed by atoms with E-state index in [9.17, 15) is 18.0 Å². The van der Waals surface area contributed by atoms with Crippen molar-refractivity contribution in [3.63, 3.8) is 0 Å². The minimum atomic E-state index is -4.58. The summed E-state index contributed by atoms with van der Waals surface area (Å²) in [6.07, 6.45) is -4.58. The molecule has 0 fully saturated rings. The van der Waals surface area contributed by atoms with Crippen LogP contribution in [0.4, 0.5) is 30.4 Å². The molecule has 0 bridgehead atoms. The van der Waals surface area contributed by atoms with E-state index in [-0.39, 0.29) is 5.82 Å². The third-order valence-corrected chi connectivity index (χ3v) is 3.88. The number of alkyl halides is 3. The average Bonchev–Trinajstić information content (AvgIpc) is 2.96. The lowest BCUT2D eigenvalue weighted by Gasteiger charge is -2.12. The molecule has 0 aliphatic carbocycles. The van der Waals surface area contributed by atoms with Gasteiger partial charge in [0, 0.05) is 18.8 Å². The Hall–Kier alpha value is -3.29. The van der Waals surface area contributed by atoms with Gasteiger partial charge in [-0.15, -0.1) is 0 Å². The molecule has 0 aliphatic rings. The monoisotopic (exact) mass is 374 g/mol. The maximum absolute atomic E-state index is 12.8. The van der Waals surface area contributed by atoms with Crippen molar-refractivity contribution < 1.29 is 18.0 Å². The molecule has 8 heteroatoms. The summed E-state index contributed by atoms with van der Waals surface area (Å²) in [6.45, 7) is 1.95. The highest BCUT2D eigenvalue weighted by Gasteiger charge is 2.34. The lowest BCUT2D eigenvalue weighted by molar-refractivity contribution is -0.141. The Labute approximate surface area is 153 Å². The van der Waals surface area contributed by atoms with Crippen LogP contribution in [0, 0.1) is 6.92 Å². The van der Waals surface area contributed by atoms with E-state index in [1.54, 1.807) is 24.3 Å². The number of hydrogen-bond acceptors (Lipinski definition) is 3. The normalized spacial score (nSPS) is 11.3. The summed E-state index contributed by atoms with van der Waals surface area (Å²) in [7, 11) is 1.34. The Bertz CT molecular complexity index is 979. The van der Waals surface area contributed by atoms with Crippen molar-refractivity contribution in [3.8, 4) is 0 Å². The Morgan fingerprint density at radius 1 is 1.07 bits per heavy atom. The number of nitrogens with zero attached hydrogens (tertiary/aromatic N) is 2. The van der Waals surface area contributed by atoms with Crippen LogP contribution >= 0.6 is 0 Å². The molecule has 0 aliphatic heterocycles. The topological polar surface area (TPSA) is 59.0 Å². The van der Waals surface area contributed by atoms with E-state index >= 15 is 0 Å². The van der Waals surface area contributed by atoms with Crippen LogP contribution in [0.15, 0.2) is 54.6 Å². The number of amides is 1. The minimum absolute atomic E-state index is 0.0438. The molecule has 27 heavy (non-hydrogen) atoms. The highest BCUT2D eigenvalue weighted by Crippen LogP contribution is 2.30. The summed E-state index contributed by atoms with van der Waals surface area (Å²) >= 11 is 0. The molecule has 1 aromatic heterocycles. The molecular formula is C19H17F3N4O. The van der Waals surface area contributed by atoms with Gasteiger partial charge in [-0.05, 0) is 36.8 Å². The van der Waals surface area contributed by atoms with Gasteiger partial charge in [0.2, 0.25) is 0 Å². The number of carbonyl (C=O) groups excluding carboxylic acids is 1. The quantitative estimate of drug-likeness (QED) is 0.693. The molecule has 5 nitrogen and oxygen atoms in total. The number of halogens is 3. The second kappa shape index (κ2) is 7.14. The Morgan fingerprint density at radius 2 is 1.81 bits per heavy atom. The number of anilines is 3. The van der Waals surface area contributed by atoms with Crippen LogP contribution in [0.5, 0.6) is 0 Å². The van der Waals surface area contributed by atoms with E-state index in [4.69, 9.17) is 0 Å². The standard InChI is InChI=1S/C19H17F3N4O/c1-12-6-5-7-13(10-12)23-15-9-4-3-8-14(15)18(27)24-17-11-16(19(20,21)22)25-26(17)2/h3-11,23H,1-2H3,(H,24,27).